The second-order valence-electron chi connectivity index (χ2n) is 5.88. The van der Waals surface area contributed by atoms with E-state index in [-0.39, 0.29) is 11.6 Å². The summed E-state index contributed by atoms with van der Waals surface area (Å²) >= 11 is 0. The van der Waals surface area contributed by atoms with E-state index in [2.05, 4.69) is 6.92 Å². The molecule has 2 fully saturated rings. The second kappa shape index (κ2) is 6.88. The first-order valence-electron chi connectivity index (χ1n) is 7.78. The van der Waals surface area contributed by atoms with Gasteiger partial charge in [-0.25, -0.2) is 0 Å². The van der Waals surface area contributed by atoms with E-state index >= 15 is 0 Å². The third kappa shape index (κ3) is 3.46. The highest BCUT2D eigenvalue weighted by atomic mass is 16.5. The van der Waals surface area contributed by atoms with Crippen LogP contribution in [0.15, 0.2) is 0 Å². The molecule has 1 aliphatic carbocycles. The molecule has 1 heterocycles. The Morgan fingerprint density at radius 2 is 2.11 bits per heavy atom. The van der Waals surface area contributed by atoms with E-state index in [9.17, 15) is 0 Å². The number of hydrogen-bond donors (Lipinski definition) is 1. The van der Waals surface area contributed by atoms with Crippen molar-refractivity contribution in [1.29, 1.82) is 0 Å². The molecule has 3 nitrogen and oxygen atoms in total. The van der Waals surface area contributed by atoms with Gasteiger partial charge in [-0.1, -0.05) is 12.8 Å². The van der Waals surface area contributed by atoms with Crippen LogP contribution in [0.5, 0.6) is 0 Å². The van der Waals surface area contributed by atoms with Crippen LogP contribution in [0.2, 0.25) is 0 Å². The van der Waals surface area contributed by atoms with Crippen molar-refractivity contribution >= 4 is 0 Å². The third-order valence-corrected chi connectivity index (χ3v) is 4.62. The summed E-state index contributed by atoms with van der Waals surface area (Å²) in [5, 5.41) is 0. The van der Waals surface area contributed by atoms with Crippen LogP contribution in [0.3, 0.4) is 0 Å². The van der Waals surface area contributed by atoms with Crippen molar-refractivity contribution in [2.24, 2.45) is 5.73 Å². The third-order valence-electron chi connectivity index (χ3n) is 4.62. The molecule has 0 spiro atoms. The molecule has 0 aromatic rings. The highest BCUT2D eigenvalue weighted by Crippen LogP contribution is 2.37. The molecule has 1 saturated heterocycles. The minimum atomic E-state index is -0.00865. The van der Waals surface area contributed by atoms with Crippen molar-refractivity contribution < 1.29 is 9.47 Å². The van der Waals surface area contributed by atoms with Crippen LogP contribution in [0.25, 0.3) is 0 Å². The van der Waals surface area contributed by atoms with Gasteiger partial charge in [0.2, 0.25) is 0 Å². The quantitative estimate of drug-likeness (QED) is 0.760. The number of hydrogen-bond acceptors (Lipinski definition) is 3. The van der Waals surface area contributed by atoms with Crippen LogP contribution in [-0.4, -0.2) is 31.0 Å². The number of rotatable bonds is 7. The summed E-state index contributed by atoms with van der Waals surface area (Å²) in [5.41, 5.74) is 6.41. The molecule has 106 valence electrons. The Morgan fingerprint density at radius 3 is 2.72 bits per heavy atom. The smallest absolute Gasteiger partial charge is 0.0832 e. The SMILES string of the molecule is CCOC1(C(N)CCCC2CCCO2)CCCC1. The fraction of sp³-hybridized carbons (Fsp3) is 1.00. The average molecular weight is 255 g/mol. The fourth-order valence-electron chi connectivity index (χ4n) is 3.58. The lowest BCUT2D eigenvalue weighted by molar-refractivity contribution is -0.0551. The summed E-state index contributed by atoms with van der Waals surface area (Å²) in [7, 11) is 0. The van der Waals surface area contributed by atoms with Gasteiger partial charge >= 0.3 is 0 Å². The Labute approximate surface area is 111 Å². The summed E-state index contributed by atoms with van der Waals surface area (Å²) < 4.78 is 11.7. The first-order chi connectivity index (χ1) is 8.77. The van der Waals surface area contributed by atoms with Gasteiger partial charge in [0.05, 0.1) is 11.7 Å². The molecule has 2 atom stereocenters. The minimum absolute atomic E-state index is 0.00865. The summed E-state index contributed by atoms with van der Waals surface area (Å²) in [5.74, 6) is 0. The minimum Gasteiger partial charge on any atom is -0.378 e. The van der Waals surface area contributed by atoms with Gasteiger partial charge in [0, 0.05) is 19.3 Å². The van der Waals surface area contributed by atoms with E-state index in [4.69, 9.17) is 15.2 Å². The molecule has 0 amide bonds. The first-order valence-corrected chi connectivity index (χ1v) is 7.78. The van der Waals surface area contributed by atoms with Crippen molar-refractivity contribution in [1.82, 2.24) is 0 Å². The van der Waals surface area contributed by atoms with E-state index < -0.39 is 0 Å². The number of ether oxygens (including phenoxy) is 2. The second-order valence-corrected chi connectivity index (χ2v) is 5.88. The Hall–Kier alpha value is -0.120. The Bertz CT molecular complexity index is 233. The predicted molar refractivity (Wildman–Crippen MR) is 73.6 cm³/mol. The maximum Gasteiger partial charge on any atom is 0.0832 e. The highest BCUT2D eigenvalue weighted by molar-refractivity contribution is 4.95. The van der Waals surface area contributed by atoms with Crippen LogP contribution in [0.4, 0.5) is 0 Å². The van der Waals surface area contributed by atoms with Crippen molar-refractivity contribution in [2.45, 2.75) is 82.5 Å². The predicted octanol–water partition coefficient (Wildman–Crippen LogP) is 3.01. The maximum atomic E-state index is 6.42. The lowest BCUT2D eigenvalue weighted by atomic mass is 9.88. The monoisotopic (exact) mass is 255 g/mol. The van der Waals surface area contributed by atoms with E-state index in [0.29, 0.717) is 6.10 Å². The summed E-state index contributed by atoms with van der Waals surface area (Å²) in [6, 6.07) is 0.210. The van der Waals surface area contributed by atoms with Gasteiger partial charge in [0.25, 0.3) is 0 Å². The van der Waals surface area contributed by atoms with Crippen molar-refractivity contribution in [3.05, 3.63) is 0 Å². The Balaban J connectivity index is 1.72. The molecule has 2 N–H and O–H groups in total. The molecule has 1 saturated carbocycles. The van der Waals surface area contributed by atoms with Crippen molar-refractivity contribution in [3.63, 3.8) is 0 Å². The lowest BCUT2D eigenvalue weighted by Gasteiger charge is -2.35. The van der Waals surface area contributed by atoms with Gasteiger partial charge < -0.3 is 15.2 Å². The molecule has 0 radical (unpaired) electrons. The van der Waals surface area contributed by atoms with E-state index in [1.807, 2.05) is 0 Å². The van der Waals surface area contributed by atoms with Gasteiger partial charge in [-0.15, -0.1) is 0 Å². The zero-order valence-corrected chi connectivity index (χ0v) is 11.8. The fourth-order valence-corrected chi connectivity index (χ4v) is 3.58. The van der Waals surface area contributed by atoms with Crippen LogP contribution >= 0.6 is 0 Å². The molecular weight excluding hydrogens is 226 g/mol. The van der Waals surface area contributed by atoms with Gasteiger partial charge in [-0.2, -0.15) is 0 Å². The van der Waals surface area contributed by atoms with Gasteiger partial charge in [0.15, 0.2) is 0 Å². The molecule has 18 heavy (non-hydrogen) atoms. The number of nitrogens with two attached hydrogens (primary N) is 1. The van der Waals surface area contributed by atoms with E-state index in [0.717, 1.165) is 32.5 Å². The lowest BCUT2D eigenvalue weighted by Crippen LogP contribution is -2.48. The van der Waals surface area contributed by atoms with Gasteiger partial charge in [-0.05, 0) is 51.9 Å². The molecule has 2 rings (SSSR count). The Morgan fingerprint density at radius 1 is 1.33 bits per heavy atom. The molecule has 3 heteroatoms. The van der Waals surface area contributed by atoms with Crippen LogP contribution in [0.1, 0.15) is 64.7 Å². The summed E-state index contributed by atoms with van der Waals surface area (Å²) in [6.07, 6.45) is 11.3. The standard InChI is InChI=1S/C15H29NO2/c1-2-18-15(10-3-4-11-15)14(16)9-5-7-13-8-6-12-17-13/h13-14H,2-12,16H2,1H3. The molecular formula is C15H29NO2. The maximum absolute atomic E-state index is 6.42. The molecule has 0 aromatic heterocycles. The molecule has 2 unspecified atom stereocenters. The van der Waals surface area contributed by atoms with E-state index in [1.54, 1.807) is 0 Å². The Kier molecular flexibility index (Phi) is 5.46. The zero-order chi connectivity index (χ0) is 12.8. The summed E-state index contributed by atoms with van der Waals surface area (Å²) in [6.45, 7) is 3.83. The molecule has 1 aliphatic heterocycles. The van der Waals surface area contributed by atoms with Crippen LogP contribution in [0, 0.1) is 0 Å². The normalized spacial score (nSPS) is 28.7. The first kappa shape index (κ1) is 14.3. The average Bonchev–Trinajstić information content (AvgIpc) is 3.01. The van der Waals surface area contributed by atoms with Gasteiger partial charge in [-0.3, -0.25) is 0 Å². The largest absolute Gasteiger partial charge is 0.378 e. The highest BCUT2D eigenvalue weighted by Gasteiger charge is 2.39. The van der Waals surface area contributed by atoms with Crippen LogP contribution < -0.4 is 5.73 Å². The summed E-state index contributed by atoms with van der Waals surface area (Å²) in [4.78, 5) is 0. The van der Waals surface area contributed by atoms with Crippen molar-refractivity contribution in [3.8, 4) is 0 Å². The zero-order valence-electron chi connectivity index (χ0n) is 11.8. The molecule has 0 aromatic carbocycles. The van der Waals surface area contributed by atoms with Crippen molar-refractivity contribution in [2.75, 3.05) is 13.2 Å². The van der Waals surface area contributed by atoms with E-state index in [1.165, 1.54) is 38.5 Å². The molecule has 0 bridgehead atoms. The molecule has 2 aliphatic rings. The topological polar surface area (TPSA) is 44.5 Å². The van der Waals surface area contributed by atoms with Gasteiger partial charge in [0.1, 0.15) is 0 Å². The van der Waals surface area contributed by atoms with Crippen LogP contribution in [-0.2, 0) is 9.47 Å².